The van der Waals surface area contributed by atoms with Crippen molar-refractivity contribution in [3.05, 3.63) is 59.2 Å². The van der Waals surface area contributed by atoms with Crippen molar-refractivity contribution in [2.75, 3.05) is 11.6 Å². The third kappa shape index (κ3) is 6.23. The summed E-state index contributed by atoms with van der Waals surface area (Å²) in [5.41, 5.74) is 3.28. The second-order valence-corrected chi connectivity index (χ2v) is 7.47. The van der Waals surface area contributed by atoms with Gasteiger partial charge in [-0.25, -0.2) is 0 Å². The number of hydrogen-bond acceptors (Lipinski definition) is 5. The Balaban J connectivity index is 1.82. The van der Waals surface area contributed by atoms with Crippen LogP contribution in [0.3, 0.4) is 0 Å². The van der Waals surface area contributed by atoms with Gasteiger partial charge >= 0.3 is 5.97 Å². The highest BCUT2D eigenvalue weighted by Crippen LogP contribution is 2.18. The zero-order chi connectivity index (χ0) is 20.7. The van der Waals surface area contributed by atoms with Crippen molar-refractivity contribution in [2.45, 2.75) is 44.6 Å². The monoisotopic (exact) mass is 399 g/mol. The number of benzene rings is 2. The lowest BCUT2D eigenvalue weighted by molar-refractivity contribution is -0.153. The molecule has 0 spiro atoms. The molecule has 2 aromatic carbocycles. The molecular formula is C22H25NO4S. The van der Waals surface area contributed by atoms with Crippen LogP contribution in [0.15, 0.2) is 47.4 Å². The number of nitrogens with one attached hydrogen (secondary N) is 1. The second-order valence-electron chi connectivity index (χ2n) is 6.59. The Morgan fingerprint density at radius 3 is 2.32 bits per heavy atom. The first-order chi connectivity index (χ1) is 13.3. The van der Waals surface area contributed by atoms with Gasteiger partial charge < -0.3 is 10.1 Å². The summed E-state index contributed by atoms with van der Waals surface area (Å²) in [6.07, 6.45) is 1.00. The van der Waals surface area contributed by atoms with E-state index in [0.717, 1.165) is 16.0 Å². The number of hydrogen-bond donors (Lipinski definition) is 1. The van der Waals surface area contributed by atoms with Gasteiger partial charge in [0, 0.05) is 22.6 Å². The highest BCUT2D eigenvalue weighted by atomic mass is 32.2. The van der Waals surface area contributed by atoms with E-state index in [-0.39, 0.29) is 18.6 Å². The predicted molar refractivity (Wildman–Crippen MR) is 112 cm³/mol. The van der Waals surface area contributed by atoms with Crippen molar-refractivity contribution in [1.29, 1.82) is 0 Å². The van der Waals surface area contributed by atoms with Gasteiger partial charge in [0.1, 0.15) is 0 Å². The van der Waals surface area contributed by atoms with Crippen molar-refractivity contribution < 1.29 is 19.1 Å². The first kappa shape index (κ1) is 21.7. The van der Waals surface area contributed by atoms with Crippen LogP contribution in [-0.2, 0) is 14.3 Å². The molecule has 0 aliphatic carbocycles. The van der Waals surface area contributed by atoms with Gasteiger partial charge in [-0.2, -0.15) is 0 Å². The van der Waals surface area contributed by atoms with Crippen LogP contribution in [0, 0.1) is 13.8 Å². The van der Waals surface area contributed by atoms with E-state index in [1.54, 1.807) is 23.9 Å². The molecule has 0 saturated heterocycles. The van der Waals surface area contributed by atoms with Gasteiger partial charge in [0.15, 0.2) is 11.9 Å². The van der Waals surface area contributed by atoms with Crippen LogP contribution in [0.5, 0.6) is 0 Å². The summed E-state index contributed by atoms with van der Waals surface area (Å²) in [7, 11) is 0. The number of carbonyl (C=O) groups excluding carboxylic acids is 3. The molecule has 0 bridgehead atoms. The van der Waals surface area contributed by atoms with Crippen LogP contribution in [0.2, 0.25) is 0 Å². The number of amides is 1. The standard InChI is InChI=1S/C22H25NO4S/c1-14-5-10-19(15(2)13-14)23-22(26)16(3)27-21(25)12-11-20(24)17-6-8-18(28-4)9-7-17/h5-10,13,16H,11-12H2,1-4H3,(H,23,26)/t16-/m0/s1. The largest absolute Gasteiger partial charge is 0.453 e. The molecule has 0 aromatic heterocycles. The maximum Gasteiger partial charge on any atom is 0.307 e. The Morgan fingerprint density at radius 2 is 1.71 bits per heavy atom. The summed E-state index contributed by atoms with van der Waals surface area (Å²) >= 11 is 1.60. The number of ether oxygens (including phenoxy) is 1. The number of aryl methyl sites for hydroxylation is 2. The average Bonchev–Trinajstić information content (AvgIpc) is 2.68. The van der Waals surface area contributed by atoms with E-state index in [0.29, 0.717) is 11.3 Å². The number of Topliss-reactive ketones (excluding diaryl/α,β-unsaturated/α-hetero) is 1. The fraction of sp³-hybridized carbons (Fsp3) is 0.318. The molecule has 2 aromatic rings. The van der Waals surface area contributed by atoms with Crippen LogP contribution < -0.4 is 5.32 Å². The molecule has 0 radical (unpaired) electrons. The SMILES string of the molecule is CSc1ccc(C(=O)CCC(=O)O[C@@H](C)C(=O)Nc2ccc(C)cc2C)cc1. The Morgan fingerprint density at radius 1 is 1.04 bits per heavy atom. The molecule has 5 nitrogen and oxygen atoms in total. The molecule has 0 saturated carbocycles. The molecule has 2 rings (SSSR count). The summed E-state index contributed by atoms with van der Waals surface area (Å²) < 4.78 is 5.16. The minimum absolute atomic E-state index is 0.0445. The number of esters is 1. The van der Waals surface area contributed by atoms with Crippen molar-refractivity contribution >= 4 is 35.1 Å². The van der Waals surface area contributed by atoms with E-state index in [9.17, 15) is 14.4 Å². The molecule has 0 heterocycles. The van der Waals surface area contributed by atoms with Gasteiger partial charge in [-0.3, -0.25) is 14.4 Å². The maximum atomic E-state index is 12.2. The van der Waals surface area contributed by atoms with E-state index in [1.165, 1.54) is 6.92 Å². The lowest BCUT2D eigenvalue weighted by Gasteiger charge is -2.15. The molecule has 0 aliphatic rings. The first-order valence-corrected chi connectivity index (χ1v) is 10.3. The minimum Gasteiger partial charge on any atom is -0.453 e. The van der Waals surface area contributed by atoms with Crippen LogP contribution in [0.1, 0.15) is 41.3 Å². The molecular weight excluding hydrogens is 374 g/mol. The van der Waals surface area contributed by atoms with E-state index >= 15 is 0 Å². The summed E-state index contributed by atoms with van der Waals surface area (Å²) in [4.78, 5) is 37.5. The van der Waals surface area contributed by atoms with Crippen molar-refractivity contribution in [3.8, 4) is 0 Å². The Hall–Kier alpha value is -2.60. The van der Waals surface area contributed by atoms with Gasteiger partial charge in [0.25, 0.3) is 5.91 Å². The molecule has 148 valence electrons. The number of carbonyl (C=O) groups is 3. The summed E-state index contributed by atoms with van der Waals surface area (Å²) in [6.45, 7) is 5.39. The topological polar surface area (TPSA) is 72.5 Å². The Bertz CT molecular complexity index is 861. The van der Waals surface area contributed by atoms with Crippen molar-refractivity contribution in [2.24, 2.45) is 0 Å². The first-order valence-electron chi connectivity index (χ1n) is 9.05. The molecule has 1 N–H and O–H groups in total. The smallest absolute Gasteiger partial charge is 0.307 e. The molecule has 1 atom stereocenters. The van der Waals surface area contributed by atoms with Crippen LogP contribution in [-0.4, -0.2) is 30.0 Å². The molecule has 28 heavy (non-hydrogen) atoms. The fourth-order valence-corrected chi connectivity index (χ4v) is 3.04. The lowest BCUT2D eigenvalue weighted by atomic mass is 10.1. The normalized spacial score (nSPS) is 11.6. The van der Waals surface area contributed by atoms with Crippen LogP contribution in [0.4, 0.5) is 5.69 Å². The highest BCUT2D eigenvalue weighted by molar-refractivity contribution is 7.98. The molecule has 1 amide bonds. The number of thioether (sulfide) groups is 1. The third-order valence-corrected chi connectivity index (χ3v) is 5.03. The maximum absolute atomic E-state index is 12.2. The van der Waals surface area contributed by atoms with Gasteiger partial charge in [-0.15, -0.1) is 11.8 Å². The summed E-state index contributed by atoms with van der Waals surface area (Å²) in [5.74, 6) is -1.10. The third-order valence-electron chi connectivity index (χ3n) is 4.29. The lowest BCUT2D eigenvalue weighted by Crippen LogP contribution is -2.30. The van der Waals surface area contributed by atoms with E-state index < -0.39 is 18.0 Å². The summed E-state index contributed by atoms with van der Waals surface area (Å²) in [6, 6.07) is 12.9. The van der Waals surface area contributed by atoms with Crippen LogP contribution in [0.25, 0.3) is 0 Å². The number of ketones is 1. The Labute approximate surface area is 169 Å². The molecule has 0 aliphatic heterocycles. The molecule has 0 fully saturated rings. The highest BCUT2D eigenvalue weighted by Gasteiger charge is 2.19. The van der Waals surface area contributed by atoms with Gasteiger partial charge in [-0.05, 0) is 50.8 Å². The fourth-order valence-electron chi connectivity index (χ4n) is 2.63. The van der Waals surface area contributed by atoms with E-state index in [4.69, 9.17) is 4.74 Å². The predicted octanol–water partition coefficient (Wildman–Crippen LogP) is 4.56. The van der Waals surface area contributed by atoms with E-state index in [1.807, 2.05) is 50.4 Å². The molecule has 0 unspecified atom stereocenters. The van der Waals surface area contributed by atoms with Gasteiger partial charge in [0.05, 0.1) is 6.42 Å². The van der Waals surface area contributed by atoms with Crippen molar-refractivity contribution in [3.63, 3.8) is 0 Å². The Kier molecular flexibility index (Phi) is 7.81. The van der Waals surface area contributed by atoms with Gasteiger partial charge in [-0.1, -0.05) is 29.8 Å². The second kappa shape index (κ2) is 10.1. The van der Waals surface area contributed by atoms with Crippen LogP contribution >= 0.6 is 11.8 Å². The quantitative estimate of drug-likeness (QED) is 0.400. The van der Waals surface area contributed by atoms with Crippen molar-refractivity contribution in [1.82, 2.24) is 0 Å². The molecule has 6 heteroatoms. The number of rotatable bonds is 8. The summed E-state index contributed by atoms with van der Waals surface area (Å²) in [5, 5.41) is 2.76. The zero-order valence-electron chi connectivity index (χ0n) is 16.6. The number of anilines is 1. The zero-order valence-corrected chi connectivity index (χ0v) is 17.4. The van der Waals surface area contributed by atoms with Gasteiger partial charge in [0.2, 0.25) is 0 Å². The average molecular weight is 400 g/mol. The van der Waals surface area contributed by atoms with E-state index in [2.05, 4.69) is 5.32 Å². The minimum atomic E-state index is -0.941.